The van der Waals surface area contributed by atoms with Crippen LogP contribution in [0.25, 0.3) is 0 Å². The van der Waals surface area contributed by atoms with Gasteiger partial charge in [-0.1, -0.05) is 13.8 Å². The Morgan fingerprint density at radius 3 is 2.60 bits per heavy atom. The van der Waals surface area contributed by atoms with Crippen molar-refractivity contribution in [2.75, 3.05) is 5.32 Å². The van der Waals surface area contributed by atoms with Crippen LogP contribution in [0, 0.1) is 12.8 Å². The van der Waals surface area contributed by atoms with Gasteiger partial charge in [-0.05, 0) is 12.8 Å². The minimum absolute atomic E-state index is 0.00206. The third-order valence-electron chi connectivity index (χ3n) is 2.04. The number of nitrogens with one attached hydrogen (secondary N) is 1. The van der Waals surface area contributed by atoms with E-state index in [9.17, 15) is 4.79 Å². The molecule has 0 spiro atoms. The number of nitrogens with zero attached hydrogens (tertiary/aromatic N) is 2. The lowest BCUT2D eigenvalue weighted by molar-refractivity contribution is -0.138. The van der Waals surface area contributed by atoms with Crippen molar-refractivity contribution in [2.45, 2.75) is 26.8 Å². The fourth-order valence-electron chi connectivity index (χ4n) is 1.21. The lowest BCUT2D eigenvalue weighted by atomic mass is 10.1. The first-order valence-corrected chi connectivity index (χ1v) is 4.78. The number of hydrogen-bond acceptors (Lipinski definition) is 4. The van der Waals surface area contributed by atoms with E-state index in [0.29, 0.717) is 5.82 Å². The van der Waals surface area contributed by atoms with Gasteiger partial charge in [0.1, 0.15) is 18.2 Å². The molecule has 0 unspecified atom stereocenters. The fraction of sp³-hybridized carbons (Fsp3) is 0.500. The molecule has 1 rings (SSSR count). The number of hydrogen-bond donors (Lipinski definition) is 2. The van der Waals surface area contributed by atoms with Crippen molar-refractivity contribution in [3.63, 3.8) is 0 Å². The summed E-state index contributed by atoms with van der Waals surface area (Å²) in [6.45, 7) is 5.53. The van der Waals surface area contributed by atoms with E-state index in [1.54, 1.807) is 6.07 Å². The van der Waals surface area contributed by atoms with Crippen LogP contribution in [0.3, 0.4) is 0 Å². The summed E-state index contributed by atoms with van der Waals surface area (Å²) < 4.78 is 0. The number of aliphatic carboxylic acids is 1. The Bertz CT molecular complexity index is 352. The molecule has 1 atom stereocenters. The van der Waals surface area contributed by atoms with Gasteiger partial charge >= 0.3 is 5.97 Å². The molecule has 0 amide bonds. The normalized spacial score (nSPS) is 12.5. The second kappa shape index (κ2) is 4.72. The van der Waals surface area contributed by atoms with Gasteiger partial charge in [0.25, 0.3) is 0 Å². The fourth-order valence-corrected chi connectivity index (χ4v) is 1.21. The van der Waals surface area contributed by atoms with Crippen molar-refractivity contribution in [1.82, 2.24) is 9.97 Å². The van der Waals surface area contributed by atoms with Crippen LogP contribution in [-0.4, -0.2) is 27.1 Å². The molecule has 2 N–H and O–H groups in total. The zero-order valence-electron chi connectivity index (χ0n) is 9.06. The first-order chi connectivity index (χ1) is 7.00. The summed E-state index contributed by atoms with van der Waals surface area (Å²) in [5, 5.41) is 11.8. The van der Waals surface area contributed by atoms with Gasteiger partial charge in [-0.25, -0.2) is 14.8 Å². The molecule has 0 bridgehead atoms. The smallest absolute Gasteiger partial charge is 0.326 e. The van der Waals surface area contributed by atoms with Gasteiger partial charge < -0.3 is 10.4 Å². The average molecular weight is 209 g/mol. The number of anilines is 1. The monoisotopic (exact) mass is 209 g/mol. The van der Waals surface area contributed by atoms with Gasteiger partial charge in [-0.3, -0.25) is 0 Å². The molecule has 0 radical (unpaired) electrons. The Labute approximate surface area is 88.6 Å². The topological polar surface area (TPSA) is 75.1 Å². The maximum atomic E-state index is 10.9. The summed E-state index contributed by atoms with van der Waals surface area (Å²) in [6.07, 6.45) is 1.41. The largest absolute Gasteiger partial charge is 0.480 e. The Kier molecular flexibility index (Phi) is 3.60. The highest BCUT2D eigenvalue weighted by atomic mass is 16.4. The van der Waals surface area contributed by atoms with Crippen LogP contribution in [0.2, 0.25) is 0 Å². The third kappa shape index (κ3) is 3.19. The lowest BCUT2D eigenvalue weighted by Crippen LogP contribution is -2.34. The second-order valence-electron chi connectivity index (χ2n) is 3.75. The van der Waals surface area contributed by atoms with Crippen LogP contribution >= 0.6 is 0 Å². The SMILES string of the molecule is Cc1cc(N[C@H](C(=O)O)C(C)C)ncn1. The van der Waals surface area contributed by atoms with E-state index in [0.717, 1.165) is 5.69 Å². The predicted molar refractivity (Wildman–Crippen MR) is 56.7 cm³/mol. The Hall–Kier alpha value is -1.65. The predicted octanol–water partition coefficient (Wildman–Crippen LogP) is 1.31. The highest BCUT2D eigenvalue weighted by Gasteiger charge is 2.21. The molecule has 0 saturated heterocycles. The molecule has 5 heteroatoms. The summed E-state index contributed by atoms with van der Waals surface area (Å²) in [4.78, 5) is 18.8. The highest BCUT2D eigenvalue weighted by molar-refractivity contribution is 5.77. The molecule has 15 heavy (non-hydrogen) atoms. The number of carboxylic acid groups (broad SMARTS) is 1. The minimum Gasteiger partial charge on any atom is -0.480 e. The van der Waals surface area contributed by atoms with E-state index in [2.05, 4.69) is 15.3 Å². The molecule has 82 valence electrons. The van der Waals surface area contributed by atoms with E-state index < -0.39 is 12.0 Å². The summed E-state index contributed by atoms with van der Waals surface area (Å²) in [7, 11) is 0. The summed E-state index contributed by atoms with van der Waals surface area (Å²) in [5.41, 5.74) is 0.806. The molecule has 1 heterocycles. The number of carbonyl (C=O) groups is 1. The quantitative estimate of drug-likeness (QED) is 0.781. The van der Waals surface area contributed by atoms with Crippen LogP contribution < -0.4 is 5.32 Å². The van der Waals surface area contributed by atoms with E-state index in [4.69, 9.17) is 5.11 Å². The molecule has 0 aliphatic heterocycles. The Morgan fingerprint density at radius 1 is 1.47 bits per heavy atom. The summed E-state index contributed by atoms with van der Waals surface area (Å²) in [5.74, 6) is -0.331. The molecule has 1 aromatic heterocycles. The molecule has 0 aliphatic rings. The molecule has 1 aromatic rings. The van der Waals surface area contributed by atoms with Gasteiger partial charge in [0.05, 0.1) is 0 Å². The lowest BCUT2D eigenvalue weighted by Gasteiger charge is -2.18. The maximum absolute atomic E-state index is 10.9. The first kappa shape index (κ1) is 11.4. The molecular formula is C10H15N3O2. The molecule has 5 nitrogen and oxygen atoms in total. The molecule has 0 saturated carbocycles. The van der Waals surface area contributed by atoms with E-state index in [1.807, 2.05) is 20.8 Å². The van der Waals surface area contributed by atoms with Gasteiger partial charge in [0.15, 0.2) is 0 Å². The number of aryl methyl sites for hydroxylation is 1. The van der Waals surface area contributed by atoms with Crippen LogP contribution in [-0.2, 0) is 4.79 Å². The van der Waals surface area contributed by atoms with E-state index in [1.165, 1.54) is 6.33 Å². The second-order valence-corrected chi connectivity index (χ2v) is 3.75. The Morgan fingerprint density at radius 2 is 2.13 bits per heavy atom. The van der Waals surface area contributed by atoms with Gasteiger partial charge in [0, 0.05) is 11.8 Å². The van der Waals surface area contributed by atoms with Crippen molar-refractivity contribution in [1.29, 1.82) is 0 Å². The van der Waals surface area contributed by atoms with Crippen molar-refractivity contribution >= 4 is 11.8 Å². The van der Waals surface area contributed by atoms with Gasteiger partial charge in [0.2, 0.25) is 0 Å². The van der Waals surface area contributed by atoms with Crippen molar-refractivity contribution in [3.05, 3.63) is 18.1 Å². The number of carboxylic acids is 1. The number of rotatable bonds is 4. The standard InChI is InChI=1S/C10H15N3O2/c1-6(2)9(10(14)15)13-8-4-7(3)11-5-12-8/h4-6,9H,1-3H3,(H,14,15)(H,11,12,13)/t9-/m0/s1. The molecule has 0 aliphatic carbocycles. The van der Waals surface area contributed by atoms with Crippen LogP contribution in [0.5, 0.6) is 0 Å². The Balaban J connectivity index is 2.79. The summed E-state index contributed by atoms with van der Waals surface area (Å²) in [6, 6.07) is 1.09. The van der Waals surface area contributed by atoms with Gasteiger partial charge in [-0.15, -0.1) is 0 Å². The third-order valence-corrected chi connectivity index (χ3v) is 2.04. The number of aromatic nitrogens is 2. The van der Waals surface area contributed by atoms with E-state index >= 15 is 0 Å². The zero-order valence-corrected chi connectivity index (χ0v) is 9.06. The van der Waals surface area contributed by atoms with Crippen molar-refractivity contribution < 1.29 is 9.90 Å². The van der Waals surface area contributed by atoms with E-state index in [-0.39, 0.29) is 5.92 Å². The first-order valence-electron chi connectivity index (χ1n) is 4.78. The molecule has 0 aromatic carbocycles. The van der Waals surface area contributed by atoms with Crippen molar-refractivity contribution in [3.8, 4) is 0 Å². The van der Waals surface area contributed by atoms with Crippen LogP contribution in [0.15, 0.2) is 12.4 Å². The molecular weight excluding hydrogens is 194 g/mol. The van der Waals surface area contributed by atoms with Gasteiger partial charge in [-0.2, -0.15) is 0 Å². The van der Waals surface area contributed by atoms with Crippen LogP contribution in [0.1, 0.15) is 19.5 Å². The van der Waals surface area contributed by atoms with Crippen LogP contribution in [0.4, 0.5) is 5.82 Å². The summed E-state index contributed by atoms with van der Waals surface area (Å²) >= 11 is 0. The van der Waals surface area contributed by atoms with Crippen molar-refractivity contribution in [2.24, 2.45) is 5.92 Å². The maximum Gasteiger partial charge on any atom is 0.326 e. The molecule has 0 fully saturated rings. The highest BCUT2D eigenvalue weighted by Crippen LogP contribution is 2.10. The average Bonchev–Trinajstić information content (AvgIpc) is 2.13. The minimum atomic E-state index is -0.874. The zero-order chi connectivity index (χ0) is 11.4.